The summed E-state index contributed by atoms with van der Waals surface area (Å²) in [5, 5.41) is 10.6. The van der Waals surface area contributed by atoms with Crippen molar-refractivity contribution in [2.24, 2.45) is 0 Å². The molecule has 0 saturated carbocycles. The molecule has 1 aromatic heterocycles. The lowest BCUT2D eigenvalue weighted by Gasteiger charge is -2.13. The van der Waals surface area contributed by atoms with Crippen LogP contribution in [0.3, 0.4) is 0 Å². The van der Waals surface area contributed by atoms with Crippen LogP contribution in [0.15, 0.2) is 12.1 Å². The third kappa shape index (κ3) is 2.49. The molecule has 0 fully saturated rings. The van der Waals surface area contributed by atoms with Gasteiger partial charge < -0.3 is 10.1 Å². The van der Waals surface area contributed by atoms with E-state index in [0.29, 0.717) is 0 Å². The molecule has 0 aliphatic heterocycles. The van der Waals surface area contributed by atoms with E-state index in [4.69, 9.17) is 4.74 Å². The highest BCUT2D eigenvalue weighted by Gasteiger charge is 2.16. The van der Waals surface area contributed by atoms with E-state index in [-0.39, 0.29) is 0 Å². The molecule has 4 heteroatoms. The van der Waals surface area contributed by atoms with E-state index >= 15 is 0 Å². The second-order valence-corrected chi connectivity index (χ2v) is 4.84. The summed E-state index contributed by atoms with van der Waals surface area (Å²) in [6, 6.07) is 4.26. The maximum absolute atomic E-state index is 5.53. The summed E-state index contributed by atoms with van der Waals surface area (Å²) in [5.74, 6) is 0.893. The topological polar surface area (TPSA) is 49.9 Å². The van der Waals surface area contributed by atoms with Gasteiger partial charge in [-0.15, -0.1) is 0 Å². The fourth-order valence-corrected chi connectivity index (χ4v) is 2.29. The molecule has 0 unspecified atom stereocenters. The fourth-order valence-electron chi connectivity index (χ4n) is 2.29. The minimum absolute atomic E-state index is 0.732. The van der Waals surface area contributed by atoms with Gasteiger partial charge >= 0.3 is 0 Å². The second-order valence-electron chi connectivity index (χ2n) is 4.84. The molecule has 2 aromatic rings. The van der Waals surface area contributed by atoms with Gasteiger partial charge in [-0.1, -0.05) is 0 Å². The maximum atomic E-state index is 5.53. The first-order valence-electron chi connectivity index (χ1n) is 6.42. The predicted octanol–water partition coefficient (Wildman–Crippen LogP) is 2.73. The van der Waals surface area contributed by atoms with Gasteiger partial charge in [0.2, 0.25) is 0 Å². The van der Waals surface area contributed by atoms with Crippen LogP contribution in [0.2, 0.25) is 0 Å². The zero-order chi connectivity index (χ0) is 14.0. The zero-order valence-electron chi connectivity index (χ0n) is 12.2. The Bertz CT molecular complexity index is 587. The number of rotatable bonds is 4. The summed E-state index contributed by atoms with van der Waals surface area (Å²) in [6.07, 6.45) is 0. The van der Waals surface area contributed by atoms with Gasteiger partial charge in [0.15, 0.2) is 0 Å². The van der Waals surface area contributed by atoms with E-state index in [0.717, 1.165) is 34.8 Å². The smallest absolute Gasteiger partial charge is 0.127 e. The minimum Gasteiger partial charge on any atom is -0.496 e. The number of benzene rings is 1. The van der Waals surface area contributed by atoms with Gasteiger partial charge in [0, 0.05) is 23.4 Å². The average Bonchev–Trinajstić information content (AvgIpc) is 2.74. The molecule has 0 aliphatic carbocycles. The van der Waals surface area contributed by atoms with Crippen LogP contribution in [0.1, 0.15) is 22.5 Å². The molecule has 0 amide bonds. The first kappa shape index (κ1) is 13.6. The van der Waals surface area contributed by atoms with Crippen molar-refractivity contribution < 1.29 is 4.74 Å². The van der Waals surface area contributed by atoms with E-state index < -0.39 is 0 Å². The molecule has 0 atom stereocenters. The largest absolute Gasteiger partial charge is 0.496 e. The Morgan fingerprint density at radius 2 is 1.89 bits per heavy atom. The standard InChI is InChI=1S/C15H21N3O/c1-9-6-12(14(19-5)7-10(9)2)15-11(3)17-18-13(15)8-16-4/h6-7,16H,8H2,1-5H3,(H,17,18). The van der Waals surface area contributed by atoms with Crippen molar-refractivity contribution in [1.82, 2.24) is 15.5 Å². The van der Waals surface area contributed by atoms with E-state index in [2.05, 4.69) is 41.5 Å². The lowest BCUT2D eigenvalue weighted by atomic mass is 9.97. The molecule has 19 heavy (non-hydrogen) atoms. The number of methoxy groups -OCH3 is 1. The Morgan fingerprint density at radius 1 is 1.21 bits per heavy atom. The van der Waals surface area contributed by atoms with Crippen LogP contribution in [-0.2, 0) is 6.54 Å². The van der Waals surface area contributed by atoms with Gasteiger partial charge in [0.25, 0.3) is 0 Å². The van der Waals surface area contributed by atoms with Crippen LogP contribution in [0.25, 0.3) is 11.1 Å². The Morgan fingerprint density at radius 3 is 2.53 bits per heavy atom. The number of hydrogen-bond donors (Lipinski definition) is 2. The third-order valence-electron chi connectivity index (χ3n) is 3.45. The van der Waals surface area contributed by atoms with E-state index in [1.54, 1.807) is 7.11 Å². The van der Waals surface area contributed by atoms with Crippen molar-refractivity contribution in [3.63, 3.8) is 0 Å². The van der Waals surface area contributed by atoms with Gasteiger partial charge in [-0.05, 0) is 51.1 Å². The van der Waals surface area contributed by atoms with Gasteiger partial charge in [-0.3, -0.25) is 5.10 Å². The molecule has 0 saturated heterocycles. The summed E-state index contributed by atoms with van der Waals surface area (Å²) in [4.78, 5) is 0. The highest BCUT2D eigenvalue weighted by molar-refractivity contribution is 5.75. The molecule has 0 spiro atoms. The number of aryl methyl sites for hydroxylation is 3. The monoisotopic (exact) mass is 259 g/mol. The van der Waals surface area contributed by atoms with Gasteiger partial charge in [-0.25, -0.2) is 0 Å². The number of ether oxygens (including phenoxy) is 1. The molecule has 0 radical (unpaired) electrons. The fraction of sp³-hybridized carbons (Fsp3) is 0.400. The Hall–Kier alpha value is -1.81. The van der Waals surface area contributed by atoms with Crippen molar-refractivity contribution in [3.05, 3.63) is 34.6 Å². The van der Waals surface area contributed by atoms with E-state index in [9.17, 15) is 0 Å². The second kappa shape index (κ2) is 5.45. The van der Waals surface area contributed by atoms with Crippen LogP contribution in [0.5, 0.6) is 5.75 Å². The van der Waals surface area contributed by atoms with Crippen LogP contribution >= 0.6 is 0 Å². The zero-order valence-corrected chi connectivity index (χ0v) is 12.2. The lowest BCUT2D eigenvalue weighted by Crippen LogP contribution is -2.07. The van der Waals surface area contributed by atoms with Crippen molar-refractivity contribution in [2.45, 2.75) is 27.3 Å². The van der Waals surface area contributed by atoms with Crippen LogP contribution in [0, 0.1) is 20.8 Å². The van der Waals surface area contributed by atoms with Gasteiger partial charge in [0.05, 0.1) is 12.8 Å². The molecule has 2 rings (SSSR count). The molecule has 0 aliphatic rings. The molecule has 0 bridgehead atoms. The predicted molar refractivity (Wildman–Crippen MR) is 77.6 cm³/mol. The van der Waals surface area contributed by atoms with Crippen molar-refractivity contribution >= 4 is 0 Å². The minimum atomic E-state index is 0.732. The van der Waals surface area contributed by atoms with Crippen LogP contribution in [-0.4, -0.2) is 24.4 Å². The molecule has 2 N–H and O–H groups in total. The van der Waals surface area contributed by atoms with Crippen LogP contribution in [0.4, 0.5) is 0 Å². The summed E-state index contributed by atoms with van der Waals surface area (Å²) < 4.78 is 5.53. The first-order chi connectivity index (χ1) is 9.08. The van der Waals surface area contributed by atoms with E-state index in [1.165, 1.54) is 11.1 Å². The van der Waals surface area contributed by atoms with Gasteiger partial charge in [-0.2, -0.15) is 5.10 Å². The van der Waals surface area contributed by atoms with Crippen molar-refractivity contribution in [2.75, 3.05) is 14.2 Å². The number of H-pyrrole nitrogens is 1. The Balaban J connectivity index is 2.64. The summed E-state index contributed by atoms with van der Waals surface area (Å²) in [6.45, 7) is 6.98. The Kier molecular flexibility index (Phi) is 3.90. The molecule has 1 aromatic carbocycles. The summed E-state index contributed by atoms with van der Waals surface area (Å²) in [7, 11) is 3.63. The third-order valence-corrected chi connectivity index (χ3v) is 3.45. The lowest BCUT2D eigenvalue weighted by molar-refractivity contribution is 0.416. The highest BCUT2D eigenvalue weighted by Crippen LogP contribution is 2.35. The Labute approximate surface area is 114 Å². The maximum Gasteiger partial charge on any atom is 0.127 e. The summed E-state index contributed by atoms with van der Waals surface area (Å²) >= 11 is 0. The molecule has 1 heterocycles. The molecule has 102 valence electrons. The number of hydrogen-bond acceptors (Lipinski definition) is 3. The summed E-state index contributed by atoms with van der Waals surface area (Å²) in [5.41, 5.74) is 6.80. The number of nitrogens with zero attached hydrogens (tertiary/aromatic N) is 1. The van der Waals surface area contributed by atoms with Crippen LogP contribution < -0.4 is 10.1 Å². The average molecular weight is 259 g/mol. The number of nitrogens with one attached hydrogen (secondary N) is 2. The van der Waals surface area contributed by atoms with E-state index in [1.807, 2.05) is 14.0 Å². The first-order valence-corrected chi connectivity index (χ1v) is 6.42. The number of aromatic amines is 1. The SMILES string of the molecule is CNCc1n[nH]c(C)c1-c1cc(C)c(C)cc1OC. The molecular weight excluding hydrogens is 238 g/mol. The van der Waals surface area contributed by atoms with Crippen molar-refractivity contribution in [3.8, 4) is 16.9 Å². The number of aromatic nitrogens is 2. The molecule has 4 nitrogen and oxygen atoms in total. The quantitative estimate of drug-likeness (QED) is 0.887. The molecular formula is C15H21N3O. The normalized spacial score (nSPS) is 10.8. The highest BCUT2D eigenvalue weighted by atomic mass is 16.5. The van der Waals surface area contributed by atoms with Gasteiger partial charge in [0.1, 0.15) is 5.75 Å². The van der Waals surface area contributed by atoms with Crippen molar-refractivity contribution in [1.29, 1.82) is 0 Å².